The van der Waals surface area contributed by atoms with Crippen molar-refractivity contribution in [3.8, 4) is 11.6 Å². The van der Waals surface area contributed by atoms with E-state index in [1.807, 2.05) is 24.3 Å². The first-order chi connectivity index (χ1) is 13.0. The fraction of sp³-hybridized carbons (Fsp3) is 0.292. The highest BCUT2D eigenvalue weighted by molar-refractivity contribution is 5.66. The fourth-order valence-electron chi connectivity index (χ4n) is 3.51. The highest BCUT2D eigenvalue weighted by atomic mass is 16.5. The molecule has 1 aromatic heterocycles. The van der Waals surface area contributed by atoms with Crippen molar-refractivity contribution in [3.63, 3.8) is 0 Å². The number of fused-ring (bicyclic) bond motifs is 1. The fourth-order valence-corrected chi connectivity index (χ4v) is 3.51. The van der Waals surface area contributed by atoms with Gasteiger partial charge < -0.3 is 10.1 Å². The van der Waals surface area contributed by atoms with Gasteiger partial charge in [-0.05, 0) is 77.8 Å². The Morgan fingerprint density at radius 2 is 1.78 bits per heavy atom. The highest BCUT2D eigenvalue weighted by Gasteiger charge is 2.15. The van der Waals surface area contributed by atoms with Gasteiger partial charge in [0.15, 0.2) is 0 Å². The third-order valence-electron chi connectivity index (χ3n) is 5.06. The number of aromatic nitrogens is 1. The molecule has 0 amide bonds. The molecule has 3 nitrogen and oxygen atoms in total. The molecule has 0 saturated heterocycles. The molecule has 0 atom stereocenters. The van der Waals surface area contributed by atoms with Crippen LogP contribution in [0.1, 0.15) is 43.9 Å². The monoisotopic (exact) mass is 358 g/mol. The maximum absolute atomic E-state index is 6.14. The van der Waals surface area contributed by atoms with Gasteiger partial charge >= 0.3 is 0 Å². The Kier molecular flexibility index (Phi) is 4.61. The van der Waals surface area contributed by atoms with Gasteiger partial charge in [-0.3, -0.25) is 0 Å². The zero-order valence-electron chi connectivity index (χ0n) is 16.3. The summed E-state index contributed by atoms with van der Waals surface area (Å²) in [7, 11) is 0. The minimum atomic E-state index is 0.0784. The van der Waals surface area contributed by atoms with Crippen LogP contribution in [0.3, 0.4) is 0 Å². The molecule has 0 unspecified atom stereocenters. The molecule has 1 heterocycles. The van der Waals surface area contributed by atoms with Gasteiger partial charge in [0.05, 0.1) is 0 Å². The first-order valence-electron chi connectivity index (χ1n) is 9.61. The first-order valence-corrected chi connectivity index (χ1v) is 9.61. The Morgan fingerprint density at radius 3 is 2.63 bits per heavy atom. The summed E-state index contributed by atoms with van der Waals surface area (Å²) in [5, 5.41) is 3.48. The van der Waals surface area contributed by atoms with E-state index in [9.17, 15) is 0 Å². The van der Waals surface area contributed by atoms with Crippen molar-refractivity contribution in [1.29, 1.82) is 0 Å². The third-order valence-corrected chi connectivity index (χ3v) is 5.06. The summed E-state index contributed by atoms with van der Waals surface area (Å²) in [5.41, 5.74) is 6.19. The van der Waals surface area contributed by atoms with E-state index in [2.05, 4.69) is 61.4 Å². The van der Waals surface area contributed by atoms with Crippen molar-refractivity contribution in [2.24, 2.45) is 0 Å². The van der Waals surface area contributed by atoms with Crippen LogP contribution in [-0.4, -0.2) is 4.98 Å². The van der Waals surface area contributed by atoms with Crippen molar-refractivity contribution in [2.75, 3.05) is 5.32 Å². The number of nitrogens with one attached hydrogen (secondary N) is 1. The number of hydrogen-bond donors (Lipinski definition) is 1. The Morgan fingerprint density at radius 1 is 0.926 bits per heavy atom. The molecule has 138 valence electrons. The van der Waals surface area contributed by atoms with Crippen LogP contribution >= 0.6 is 0 Å². The zero-order valence-corrected chi connectivity index (χ0v) is 16.3. The normalized spacial score (nSPS) is 13.3. The Labute approximate surface area is 161 Å². The molecule has 0 fully saturated rings. The van der Waals surface area contributed by atoms with Crippen molar-refractivity contribution >= 4 is 11.4 Å². The molecule has 2 aromatic carbocycles. The molecule has 0 saturated carbocycles. The van der Waals surface area contributed by atoms with Crippen LogP contribution in [0.25, 0.3) is 0 Å². The summed E-state index contributed by atoms with van der Waals surface area (Å²) >= 11 is 0. The van der Waals surface area contributed by atoms with Gasteiger partial charge in [-0.2, -0.15) is 0 Å². The topological polar surface area (TPSA) is 34.1 Å². The van der Waals surface area contributed by atoms with Crippen molar-refractivity contribution in [3.05, 3.63) is 77.5 Å². The summed E-state index contributed by atoms with van der Waals surface area (Å²) in [4.78, 5) is 4.45. The summed E-state index contributed by atoms with van der Waals surface area (Å²) in [5.74, 6) is 1.39. The first kappa shape index (κ1) is 17.6. The molecule has 1 aliphatic rings. The van der Waals surface area contributed by atoms with E-state index < -0.39 is 0 Å². The quantitative estimate of drug-likeness (QED) is 0.585. The molecule has 0 bridgehead atoms. The molecule has 1 aliphatic carbocycles. The predicted molar refractivity (Wildman–Crippen MR) is 111 cm³/mol. The van der Waals surface area contributed by atoms with Gasteiger partial charge in [-0.25, -0.2) is 4.98 Å². The van der Waals surface area contributed by atoms with E-state index in [1.165, 1.54) is 36.0 Å². The number of nitrogens with zero attached hydrogens (tertiary/aromatic N) is 1. The predicted octanol–water partition coefficient (Wildman–Crippen LogP) is 6.40. The summed E-state index contributed by atoms with van der Waals surface area (Å²) < 4.78 is 6.14. The summed E-state index contributed by atoms with van der Waals surface area (Å²) in [6, 6.07) is 18.8. The number of benzene rings is 2. The molecule has 1 N–H and O–H groups in total. The molecule has 4 rings (SSSR count). The second-order valence-electron chi connectivity index (χ2n) is 8.20. The maximum Gasteiger partial charge on any atom is 0.243 e. The molecule has 0 spiro atoms. The molecule has 3 heteroatoms. The molecule has 0 aliphatic heterocycles. The van der Waals surface area contributed by atoms with Gasteiger partial charge in [-0.15, -0.1) is 0 Å². The molecule has 3 aromatic rings. The van der Waals surface area contributed by atoms with Crippen molar-refractivity contribution < 1.29 is 4.74 Å². The van der Waals surface area contributed by atoms with Gasteiger partial charge in [0.1, 0.15) is 11.4 Å². The van der Waals surface area contributed by atoms with Crippen LogP contribution in [0, 0.1) is 0 Å². The lowest BCUT2D eigenvalue weighted by Gasteiger charge is -2.20. The summed E-state index contributed by atoms with van der Waals surface area (Å²) in [6.45, 7) is 6.61. The second-order valence-corrected chi connectivity index (χ2v) is 8.20. The van der Waals surface area contributed by atoms with Crippen LogP contribution in [-0.2, 0) is 18.3 Å². The van der Waals surface area contributed by atoms with Gasteiger partial charge in [-0.1, -0.05) is 39.0 Å². The number of aryl methyl sites for hydroxylation is 2. The van der Waals surface area contributed by atoms with E-state index in [1.54, 1.807) is 6.20 Å². The minimum absolute atomic E-state index is 0.0784. The average Bonchev–Trinajstić information content (AvgIpc) is 3.11. The SMILES string of the molecule is CC(C)(C)c1cccc(Oc2ncccc2Nc2ccc3c(c2)CCC3)c1. The molecular weight excluding hydrogens is 332 g/mol. The van der Waals surface area contributed by atoms with Crippen LogP contribution in [0.4, 0.5) is 11.4 Å². The Bertz CT molecular complexity index is 957. The number of ether oxygens (including phenoxy) is 1. The summed E-state index contributed by atoms with van der Waals surface area (Å²) in [6.07, 6.45) is 5.38. The van der Waals surface area contributed by atoms with Gasteiger partial charge in [0.2, 0.25) is 5.88 Å². The maximum atomic E-state index is 6.14. The molecule has 27 heavy (non-hydrogen) atoms. The number of anilines is 2. The standard InChI is InChI=1S/C24H26N2O/c1-24(2,3)19-9-5-10-21(16-19)27-23-22(11-6-14-25-23)26-20-13-12-17-7-4-8-18(17)15-20/h5-6,9-16,26H,4,7-8H2,1-3H3. The van der Waals surface area contributed by atoms with Crippen LogP contribution in [0.2, 0.25) is 0 Å². The second kappa shape index (κ2) is 7.07. The van der Waals surface area contributed by atoms with E-state index in [-0.39, 0.29) is 5.41 Å². The smallest absolute Gasteiger partial charge is 0.243 e. The number of pyridine rings is 1. The zero-order chi connectivity index (χ0) is 18.9. The number of hydrogen-bond acceptors (Lipinski definition) is 3. The lowest BCUT2D eigenvalue weighted by molar-refractivity contribution is 0.462. The lowest BCUT2D eigenvalue weighted by Crippen LogP contribution is -2.10. The largest absolute Gasteiger partial charge is 0.437 e. The van der Waals surface area contributed by atoms with Gasteiger partial charge in [0.25, 0.3) is 0 Å². The van der Waals surface area contributed by atoms with Crippen LogP contribution < -0.4 is 10.1 Å². The minimum Gasteiger partial charge on any atom is -0.437 e. The van der Waals surface area contributed by atoms with Crippen LogP contribution in [0.5, 0.6) is 11.6 Å². The Hall–Kier alpha value is -2.81. The van der Waals surface area contributed by atoms with Crippen molar-refractivity contribution in [2.45, 2.75) is 45.4 Å². The Balaban J connectivity index is 1.58. The average molecular weight is 358 g/mol. The van der Waals surface area contributed by atoms with Crippen LogP contribution in [0.15, 0.2) is 60.8 Å². The van der Waals surface area contributed by atoms with E-state index >= 15 is 0 Å². The molecular formula is C24H26N2O. The highest BCUT2D eigenvalue weighted by Crippen LogP contribution is 2.33. The van der Waals surface area contributed by atoms with E-state index in [0.717, 1.165) is 17.1 Å². The number of rotatable bonds is 4. The van der Waals surface area contributed by atoms with E-state index in [0.29, 0.717) is 5.88 Å². The van der Waals surface area contributed by atoms with E-state index in [4.69, 9.17) is 4.74 Å². The molecule has 0 radical (unpaired) electrons. The lowest BCUT2D eigenvalue weighted by atomic mass is 9.87. The van der Waals surface area contributed by atoms with Crippen molar-refractivity contribution in [1.82, 2.24) is 4.98 Å². The van der Waals surface area contributed by atoms with Gasteiger partial charge in [0, 0.05) is 11.9 Å². The third kappa shape index (κ3) is 3.97.